The quantitative estimate of drug-likeness (QED) is 0.563. The number of methoxy groups -OCH3 is 4. The number of hydrogen-bond acceptors (Lipinski definition) is 9. The van der Waals surface area contributed by atoms with E-state index in [-0.39, 0.29) is 0 Å². The van der Waals surface area contributed by atoms with Gasteiger partial charge in [-0.15, -0.1) is 5.10 Å². The highest BCUT2D eigenvalue weighted by Gasteiger charge is 2.14. The smallest absolute Gasteiger partial charge is 0.249 e. The average molecular weight is 397 g/mol. The molecule has 0 saturated heterocycles. The first-order valence-electron chi connectivity index (χ1n) is 8.80. The maximum absolute atomic E-state index is 5.36. The minimum Gasteiger partial charge on any atom is -0.497 e. The summed E-state index contributed by atoms with van der Waals surface area (Å²) < 4.78 is 21.2. The molecule has 9 heteroatoms. The minimum absolute atomic E-state index is 0.332. The standard InChI is InChI=1S/C20H23N5O4/c1-26-15-7-5-13(6-8-15)11-21-18-12-22-25-20(24-18)23-14-9-16(27-2)19(29-4)17(10-14)28-3/h5-10,12H,11H2,1-4H3,(H2,21,23,24,25). The molecule has 0 saturated carbocycles. The highest BCUT2D eigenvalue weighted by molar-refractivity contribution is 5.65. The fraction of sp³-hybridized carbons (Fsp3) is 0.250. The van der Waals surface area contributed by atoms with Crippen molar-refractivity contribution >= 4 is 17.5 Å². The van der Waals surface area contributed by atoms with E-state index in [4.69, 9.17) is 18.9 Å². The molecule has 3 rings (SSSR count). The lowest BCUT2D eigenvalue weighted by molar-refractivity contribution is 0.324. The summed E-state index contributed by atoms with van der Waals surface area (Å²) >= 11 is 0. The molecule has 0 fully saturated rings. The largest absolute Gasteiger partial charge is 0.497 e. The number of anilines is 3. The predicted octanol–water partition coefficient (Wildman–Crippen LogP) is 3.26. The van der Waals surface area contributed by atoms with Crippen molar-refractivity contribution in [2.45, 2.75) is 6.54 Å². The van der Waals surface area contributed by atoms with E-state index in [9.17, 15) is 0 Å². The van der Waals surface area contributed by atoms with Crippen LogP contribution in [0.3, 0.4) is 0 Å². The van der Waals surface area contributed by atoms with Gasteiger partial charge in [0.1, 0.15) is 5.75 Å². The molecule has 9 nitrogen and oxygen atoms in total. The first-order valence-corrected chi connectivity index (χ1v) is 8.80. The van der Waals surface area contributed by atoms with Crippen molar-refractivity contribution in [2.75, 3.05) is 39.1 Å². The van der Waals surface area contributed by atoms with Crippen LogP contribution in [0.25, 0.3) is 0 Å². The van der Waals surface area contributed by atoms with Gasteiger partial charge in [-0.2, -0.15) is 10.1 Å². The van der Waals surface area contributed by atoms with Crippen LogP contribution < -0.4 is 29.6 Å². The van der Waals surface area contributed by atoms with Gasteiger partial charge in [-0.25, -0.2) is 0 Å². The first kappa shape index (κ1) is 20.0. The highest BCUT2D eigenvalue weighted by atomic mass is 16.5. The molecule has 0 amide bonds. The number of rotatable bonds is 9. The SMILES string of the molecule is COc1ccc(CNc2cnnc(Nc3cc(OC)c(OC)c(OC)c3)n2)cc1. The highest BCUT2D eigenvalue weighted by Crippen LogP contribution is 2.40. The fourth-order valence-electron chi connectivity index (χ4n) is 2.66. The van der Waals surface area contributed by atoms with Crippen LogP contribution >= 0.6 is 0 Å². The van der Waals surface area contributed by atoms with Crippen LogP contribution in [0, 0.1) is 0 Å². The first-order chi connectivity index (χ1) is 14.2. The van der Waals surface area contributed by atoms with Crippen molar-refractivity contribution in [3.8, 4) is 23.0 Å². The Balaban J connectivity index is 1.72. The molecule has 29 heavy (non-hydrogen) atoms. The molecular formula is C20H23N5O4. The Morgan fingerprint density at radius 1 is 0.862 bits per heavy atom. The van der Waals surface area contributed by atoms with Crippen molar-refractivity contribution in [1.29, 1.82) is 0 Å². The fourth-order valence-corrected chi connectivity index (χ4v) is 2.66. The van der Waals surface area contributed by atoms with E-state index in [2.05, 4.69) is 25.8 Å². The normalized spacial score (nSPS) is 10.2. The molecule has 0 bridgehead atoms. The zero-order valence-corrected chi connectivity index (χ0v) is 16.7. The summed E-state index contributed by atoms with van der Waals surface area (Å²) in [7, 11) is 6.31. The number of nitrogens with zero attached hydrogens (tertiary/aromatic N) is 3. The number of nitrogens with one attached hydrogen (secondary N) is 2. The number of aromatic nitrogens is 3. The van der Waals surface area contributed by atoms with Gasteiger partial charge in [0.05, 0.1) is 34.6 Å². The van der Waals surface area contributed by atoms with Gasteiger partial charge in [-0.05, 0) is 17.7 Å². The second-order valence-corrected chi connectivity index (χ2v) is 5.91. The predicted molar refractivity (Wildman–Crippen MR) is 110 cm³/mol. The summed E-state index contributed by atoms with van der Waals surface area (Å²) in [5.74, 6) is 3.29. The van der Waals surface area contributed by atoms with Gasteiger partial charge in [0, 0.05) is 24.4 Å². The lowest BCUT2D eigenvalue weighted by Crippen LogP contribution is -2.06. The zero-order chi connectivity index (χ0) is 20.6. The molecule has 0 spiro atoms. The Hall–Kier alpha value is -3.75. The molecule has 152 valence electrons. The Morgan fingerprint density at radius 3 is 2.14 bits per heavy atom. The summed E-state index contributed by atoms with van der Waals surface area (Å²) in [6, 6.07) is 11.3. The van der Waals surface area contributed by atoms with Gasteiger partial charge in [-0.1, -0.05) is 12.1 Å². The maximum atomic E-state index is 5.36. The van der Waals surface area contributed by atoms with Gasteiger partial charge in [0.2, 0.25) is 11.7 Å². The molecule has 0 aliphatic carbocycles. The van der Waals surface area contributed by atoms with Crippen LogP contribution in [0.1, 0.15) is 5.56 Å². The van der Waals surface area contributed by atoms with E-state index >= 15 is 0 Å². The second-order valence-electron chi connectivity index (χ2n) is 5.91. The molecule has 0 aliphatic heterocycles. The Labute approximate surface area is 169 Å². The van der Waals surface area contributed by atoms with Gasteiger partial charge in [0.25, 0.3) is 0 Å². The summed E-state index contributed by atoms with van der Waals surface area (Å²) in [6.07, 6.45) is 1.56. The molecule has 2 aromatic carbocycles. The van der Waals surface area contributed by atoms with E-state index in [0.29, 0.717) is 41.2 Å². The third-order valence-electron chi connectivity index (χ3n) is 4.11. The van der Waals surface area contributed by atoms with E-state index in [1.807, 2.05) is 24.3 Å². The van der Waals surface area contributed by atoms with Gasteiger partial charge in [0.15, 0.2) is 17.3 Å². The van der Waals surface area contributed by atoms with Crippen LogP contribution in [-0.4, -0.2) is 43.6 Å². The molecule has 0 aliphatic rings. The van der Waals surface area contributed by atoms with Crippen molar-refractivity contribution in [2.24, 2.45) is 0 Å². The molecule has 1 aromatic heterocycles. The van der Waals surface area contributed by atoms with Crippen molar-refractivity contribution in [3.63, 3.8) is 0 Å². The lowest BCUT2D eigenvalue weighted by Gasteiger charge is -2.14. The van der Waals surface area contributed by atoms with E-state index in [1.54, 1.807) is 46.8 Å². The molecule has 0 radical (unpaired) electrons. The van der Waals surface area contributed by atoms with Crippen LogP contribution in [0.15, 0.2) is 42.6 Å². The van der Waals surface area contributed by atoms with Gasteiger partial charge in [-0.3, -0.25) is 0 Å². The molecule has 2 N–H and O–H groups in total. The Morgan fingerprint density at radius 2 is 1.55 bits per heavy atom. The summed E-state index contributed by atoms with van der Waals surface area (Å²) in [6.45, 7) is 0.590. The molecule has 0 atom stereocenters. The summed E-state index contributed by atoms with van der Waals surface area (Å²) in [4.78, 5) is 4.44. The number of ether oxygens (including phenoxy) is 4. The van der Waals surface area contributed by atoms with Gasteiger partial charge < -0.3 is 29.6 Å². The molecular weight excluding hydrogens is 374 g/mol. The summed E-state index contributed by atoms with van der Waals surface area (Å²) in [5.41, 5.74) is 1.76. The van der Waals surface area contributed by atoms with Crippen molar-refractivity contribution < 1.29 is 18.9 Å². The third-order valence-corrected chi connectivity index (χ3v) is 4.11. The van der Waals surface area contributed by atoms with Crippen LogP contribution in [0.2, 0.25) is 0 Å². The second kappa shape index (κ2) is 9.45. The van der Waals surface area contributed by atoms with Crippen molar-refractivity contribution in [1.82, 2.24) is 15.2 Å². The molecule has 1 heterocycles. The lowest BCUT2D eigenvalue weighted by atomic mass is 10.2. The van der Waals surface area contributed by atoms with Gasteiger partial charge >= 0.3 is 0 Å². The van der Waals surface area contributed by atoms with Crippen LogP contribution in [0.5, 0.6) is 23.0 Å². The average Bonchev–Trinajstić information content (AvgIpc) is 2.77. The number of hydrogen-bond donors (Lipinski definition) is 2. The monoisotopic (exact) mass is 397 g/mol. The number of benzene rings is 2. The van der Waals surface area contributed by atoms with E-state index in [0.717, 1.165) is 11.3 Å². The van der Waals surface area contributed by atoms with Crippen molar-refractivity contribution in [3.05, 3.63) is 48.2 Å². The Bertz CT molecular complexity index is 925. The molecule has 3 aromatic rings. The molecule has 0 unspecified atom stereocenters. The third kappa shape index (κ3) is 4.95. The zero-order valence-electron chi connectivity index (χ0n) is 16.7. The van der Waals surface area contributed by atoms with E-state index < -0.39 is 0 Å². The van der Waals surface area contributed by atoms with Crippen LogP contribution in [0.4, 0.5) is 17.5 Å². The van der Waals surface area contributed by atoms with E-state index in [1.165, 1.54) is 0 Å². The maximum Gasteiger partial charge on any atom is 0.249 e. The topological polar surface area (TPSA) is 99.7 Å². The van der Waals surface area contributed by atoms with Crippen LogP contribution in [-0.2, 0) is 6.54 Å². The Kier molecular flexibility index (Phi) is 6.51. The summed E-state index contributed by atoms with van der Waals surface area (Å²) in [5, 5.41) is 14.3. The minimum atomic E-state index is 0.332.